The SMILES string of the molecule is [2H]C(c1ccc(-c2ccc3nc(C)n(C)c3c2)cc1)N(C(=O)C1CCCCC1)c1cccc(/C=C/C(=O)O)c1. The van der Waals surface area contributed by atoms with Gasteiger partial charge in [-0.3, -0.25) is 4.79 Å². The highest BCUT2D eigenvalue weighted by molar-refractivity contribution is 5.95. The van der Waals surface area contributed by atoms with Gasteiger partial charge in [0.1, 0.15) is 5.82 Å². The summed E-state index contributed by atoms with van der Waals surface area (Å²) in [5.41, 5.74) is 6.09. The van der Waals surface area contributed by atoms with Crippen molar-refractivity contribution in [2.75, 3.05) is 4.90 Å². The summed E-state index contributed by atoms with van der Waals surface area (Å²) in [4.78, 5) is 31.0. The lowest BCUT2D eigenvalue weighted by Crippen LogP contribution is -2.36. The number of imidazole rings is 1. The van der Waals surface area contributed by atoms with E-state index < -0.39 is 12.5 Å². The van der Waals surface area contributed by atoms with Crippen LogP contribution in [0.15, 0.2) is 72.8 Å². The molecule has 1 heterocycles. The number of fused-ring (bicyclic) bond motifs is 1. The van der Waals surface area contributed by atoms with Crippen LogP contribution in [0.3, 0.4) is 0 Å². The molecule has 1 aliphatic rings. The Morgan fingerprint density at radius 1 is 1.05 bits per heavy atom. The first-order valence-electron chi connectivity index (χ1n) is 13.7. The molecule has 194 valence electrons. The van der Waals surface area contributed by atoms with Crippen LogP contribution >= 0.6 is 0 Å². The van der Waals surface area contributed by atoms with E-state index in [4.69, 9.17) is 5.11 Å². The van der Waals surface area contributed by atoms with E-state index in [9.17, 15) is 11.0 Å². The molecule has 0 radical (unpaired) electrons. The van der Waals surface area contributed by atoms with E-state index in [1.54, 1.807) is 23.1 Å². The molecule has 1 aromatic heterocycles. The monoisotopic (exact) mass is 508 g/mol. The number of nitrogens with zero attached hydrogens (tertiary/aromatic N) is 3. The molecule has 1 saturated carbocycles. The van der Waals surface area contributed by atoms with Gasteiger partial charge in [-0.2, -0.15) is 0 Å². The standard InChI is InChI=1S/C32H33N3O3/c1-22-33-29-17-16-27(20-30(29)34(22)2)25-14-11-24(12-15-25)21-35(32(38)26-8-4-3-5-9-26)28-10-6-7-23(19-28)13-18-31(36)37/h6-7,10-20,26H,3-5,8-9,21H2,1-2H3,(H,36,37)/b18-13+/i21D. The molecule has 38 heavy (non-hydrogen) atoms. The molecule has 4 aromatic rings. The Morgan fingerprint density at radius 3 is 2.53 bits per heavy atom. The van der Waals surface area contributed by atoms with Crippen molar-refractivity contribution < 1.29 is 16.1 Å². The average Bonchev–Trinajstić information content (AvgIpc) is 3.25. The van der Waals surface area contributed by atoms with Crippen LogP contribution in [0.4, 0.5) is 5.69 Å². The molecule has 6 nitrogen and oxygen atoms in total. The molecule has 6 heteroatoms. The summed E-state index contributed by atoms with van der Waals surface area (Å²) in [6.45, 7) is 1.05. The molecule has 1 N–H and O–H groups in total. The Morgan fingerprint density at radius 2 is 1.79 bits per heavy atom. The summed E-state index contributed by atoms with van der Waals surface area (Å²) < 4.78 is 11.3. The smallest absolute Gasteiger partial charge is 0.328 e. The van der Waals surface area contributed by atoms with Gasteiger partial charge in [-0.05, 0) is 72.4 Å². The zero-order chi connectivity index (χ0) is 27.5. The van der Waals surface area contributed by atoms with Gasteiger partial charge < -0.3 is 14.6 Å². The largest absolute Gasteiger partial charge is 0.478 e. The van der Waals surface area contributed by atoms with Crippen LogP contribution in [0.2, 0.25) is 0 Å². The lowest BCUT2D eigenvalue weighted by molar-refractivity contribution is -0.131. The number of aryl methyl sites for hydroxylation is 2. The number of aliphatic carboxylic acids is 1. The van der Waals surface area contributed by atoms with Crippen molar-refractivity contribution in [3.63, 3.8) is 0 Å². The zero-order valence-electron chi connectivity index (χ0n) is 22.8. The third kappa shape index (κ3) is 5.54. The Bertz CT molecular complexity index is 1530. The number of benzene rings is 3. The highest BCUT2D eigenvalue weighted by Crippen LogP contribution is 2.30. The van der Waals surface area contributed by atoms with Crippen molar-refractivity contribution in [2.24, 2.45) is 13.0 Å². The van der Waals surface area contributed by atoms with Crippen molar-refractivity contribution in [2.45, 2.75) is 45.5 Å². The van der Waals surface area contributed by atoms with E-state index in [2.05, 4.69) is 21.7 Å². The number of carbonyl (C=O) groups excluding carboxylic acids is 1. The van der Waals surface area contributed by atoms with Gasteiger partial charge >= 0.3 is 5.97 Å². The van der Waals surface area contributed by atoms with Crippen LogP contribution in [0.1, 0.15) is 50.4 Å². The topological polar surface area (TPSA) is 75.4 Å². The fourth-order valence-corrected chi connectivity index (χ4v) is 5.16. The highest BCUT2D eigenvalue weighted by Gasteiger charge is 2.27. The van der Waals surface area contributed by atoms with E-state index in [-0.39, 0.29) is 11.8 Å². The van der Waals surface area contributed by atoms with Gasteiger partial charge in [-0.25, -0.2) is 9.78 Å². The number of carboxylic acids is 1. The first kappa shape index (κ1) is 24.2. The summed E-state index contributed by atoms with van der Waals surface area (Å²) in [6.07, 6.45) is 7.41. The minimum Gasteiger partial charge on any atom is -0.478 e. The van der Waals surface area contributed by atoms with Crippen LogP contribution in [0.25, 0.3) is 28.2 Å². The normalized spacial score (nSPS) is 15.5. The number of hydrogen-bond donors (Lipinski definition) is 1. The molecule has 0 bridgehead atoms. The quantitative estimate of drug-likeness (QED) is 0.280. The van der Waals surface area contributed by atoms with E-state index in [1.165, 1.54) is 6.08 Å². The Balaban J connectivity index is 1.47. The fourth-order valence-electron chi connectivity index (χ4n) is 5.16. The van der Waals surface area contributed by atoms with Crippen molar-refractivity contribution in [3.05, 3.63) is 89.8 Å². The van der Waals surface area contributed by atoms with Gasteiger partial charge in [0, 0.05) is 24.7 Å². The second kappa shape index (κ2) is 11.1. The predicted molar refractivity (Wildman–Crippen MR) is 152 cm³/mol. The maximum Gasteiger partial charge on any atom is 0.328 e. The third-order valence-electron chi connectivity index (χ3n) is 7.39. The van der Waals surface area contributed by atoms with Gasteiger partial charge in [0.05, 0.1) is 18.9 Å². The maximum absolute atomic E-state index is 13.8. The van der Waals surface area contributed by atoms with Crippen LogP contribution in [0, 0.1) is 12.8 Å². The third-order valence-corrected chi connectivity index (χ3v) is 7.39. The summed E-state index contributed by atoms with van der Waals surface area (Å²) in [5.74, 6) is -0.236. The predicted octanol–water partition coefficient (Wildman–Crippen LogP) is 6.76. The fraction of sp³-hybridized carbons (Fsp3) is 0.281. The molecule has 1 amide bonds. The molecule has 1 fully saturated rings. The van der Waals surface area contributed by atoms with E-state index >= 15 is 0 Å². The van der Waals surface area contributed by atoms with Gasteiger partial charge in [-0.15, -0.1) is 0 Å². The second-order valence-corrected chi connectivity index (χ2v) is 9.98. The van der Waals surface area contributed by atoms with Gasteiger partial charge in [0.25, 0.3) is 0 Å². The molecule has 1 atom stereocenters. The Kier molecular flexibility index (Phi) is 7.03. The van der Waals surface area contributed by atoms with Crippen LogP contribution in [-0.4, -0.2) is 26.5 Å². The summed E-state index contributed by atoms with van der Waals surface area (Å²) in [5, 5.41) is 9.03. The minimum atomic E-state index is -1.04. The molecule has 0 spiro atoms. The minimum absolute atomic E-state index is 0.0461. The van der Waals surface area contributed by atoms with E-state index in [0.717, 1.165) is 66.2 Å². The number of rotatable bonds is 7. The Labute approximate surface area is 224 Å². The van der Waals surface area contributed by atoms with Crippen LogP contribution in [0.5, 0.6) is 0 Å². The molecule has 1 aliphatic carbocycles. The molecule has 0 saturated heterocycles. The lowest BCUT2D eigenvalue weighted by atomic mass is 9.88. The van der Waals surface area contributed by atoms with E-state index in [1.807, 2.05) is 50.4 Å². The number of carbonyl (C=O) groups is 2. The highest BCUT2D eigenvalue weighted by atomic mass is 16.4. The molecular weight excluding hydrogens is 474 g/mol. The van der Waals surface area contributed by atoms with Crippen molar-refractivity contribution in [3.8, 4) is 11.1 Å². The Hall–Kier alpha value is -4.19. The maximum atomic E-state index is 13.8. The summed E-state index contributed by atoms with van der Waals surface area (Å²) >= 11 is 0. The molecule has 3 aromatic carbocycles. The molecular formula is C32H33N3O3. The van der Waals surface area contributed by atoms with Crippen molar-refractivity contribution in [1.29, 1.82) is 0 Å². The number of anilines is 1. The van der Waals surface area contributed by atoms with Crippen LogP contribution in [-0.2, 0) is 23.2 Å². The van der Waals surface area contributed by atoms with Gasteiger partial charge in [0.2, 0.25) is 5.91 Å². The lowest BCUT2D eigenvalue weighted by Gasteiger charge is -2.30. The number of carboxylic acid groups (broad SMARTS) is 1. The first-order chi connectivity index (χ1) is 18.8. The molecule has 1 unspecified atom stereocenters. The zero-order valence-corrected chi connectivity index (χ0v) is 21.8. The van der Waals surface area contributed by atoms with Crippen molar-refractivity contribution in [1.82, 2.24) is 9.55 Å². The first-order valence-corrected chi connectivity index (χ1v) is 13.1. The number of aromatic nitrogens is 2. The van der Waals surface area contributed by atoms with Gasteiger partial charge in [-0.1, -0.05) is 61.7 Å². The number of amides is 1. The summed E-state index contributed by atoms with van der Waals surface area (Å²) in [7, 11) is 2.01. The summed E-state index contributed by atoms with van der Waals surface area (Å²) in [6, 6.07) is 21.2. The van der Waals surface area contributed by atoms with Crippen LogP contribution < -0.4 is 4.90 Å². The number of hydrogen-bond acceptors (Lipinski definition) is 3. The average molecular weight is 509 g/mol. The molecule has 5 rings (SSSR count). The van der Waals surface area contributed by atoms with E-state index in [0.29, 0.717) is 16.8 Å². The second-order valence-electron chi connectivity index (χ2n) is 9.98. The van der Waals surface area contributed by atoms with Gasteiger partial charge in [0.15, 0.2) is 0 Å². The molecule has 0 aliphatic heterocycles. The van der Waals surface area contributed by atoms with Crippen molar-refractivity contribution >= 4 is 34.7 Å².